The molecular weight excluding hydrogens is 456 g/mol. The quantitative estimate of drug-likeness (QED) is 0.269. The number of thiazole rings is 1. The smallest absolute Gasteiger partial charge is 0.191 e. The number of hydrogen-bond acceptors (Lipinski definition) is 7. The van der Waals surface area contributed by atoms with E-state index in [0.29, 0.717) is 0 Å². The first-order valence-electron chi connectivity index (χ1n) is 11.0. The standard InChI is InChI=1S/C24H26N4OS3/c1-3-21-11-18(13-30-21)22-26-27-24(28(22)12-20-8-5-9-29-20)32-15-19-14-31-23(25-19)17-7-4-6-16(2)10-17/h4,6-7,10-11,13-14,20H,3,5,8-9,12,15H2,1-2H3. The van der Waals surface area contributed by atoms with Crippen molar-refractivity contribution < 1.29 is 4.74 Å². The van der Waals surface area contributed by atoms with Crippen LogP contribution in [-0.2, 0) is 23.5 Å². The third-order valence-corrected chi connectivity index (χ3v) is 8.57. The van der Waals surface area contributed by atoms with E-state index in [1.54, 1.807) is 34.4 Å². The predicted molar refractivity (Wildman–Crippen MR) is 134 cm³/mol. The van der Waals surface area contributed by atoms with E-state index in [4.69, 9.17) is 9.72 Å². The molecule has 5 rings (SSSR count). The van der Waals surface area contributed by atoms with Crippen LogP contribution in [0.15, 0.2) is 46.2 Å². The van der Waals surface area contributed by atoms with Gasteiger partial charge in [0.2, 0.25) is 0 Å². The Morgan fingerprint density at radius 1 is 1.16 bits per heavy atom. The van der Waals surface area contributed by atoms with Crippen molar-refractivity contribution in [2.24, 2.45) is 0 Å². The zero-order valence-corrected chi connectivity index (χ0v) is 20.7. The van der Waals surface area contributed by atoms with Gasteiger partial charge in [-0.3, -0.25) is 4.57 Å². The van der Waals surface area contributed by atoms with E-state index in [9.17, 15) is 0 Å². The normalized spacial score (nSPS) is 16.1. The lowest BCUT2D eigenvalue weighted by Crippen LogP contribution is -2.16. The summed E-state index contributed by atoms with van der Waals surface area (Å²) in [6.07, 6.45) is 3.50. The minimum absolute atomic E-state index is 0.237. The van der Waals surface area contributed by atoms with Crippen molar-refractivity contribution in [2.45, 2.75) is 56.7 Å². The second kappa shape index (κ2) is 9.87. The van der Waals surface area contributed by atoms with Crippen LogP contribution >= 0.6 is 34.4 Å². The molecule has 4 aromatic rings. The van der Waals surface area contributed by atoms with Crippen LogP contribution in [0.1, 0.15) is 35.9 Å². The molecule has 3 aromatic heterocycles. The highest BCUT2D eigenvalue weighted by Gasteiger charge is 2.22. The average Bonchev–Trinajstić information content (AvgIpc) is 3.59. The summed E-state index contributed by atoms with van der Waals surface area (Å²) in [5, 5.41) is 15.5. The van der Waals surface area contributed by atoms with Crippen LogP contribution in [0.5, 0.6) is 0 Å². The molecule has 0 spiro atoms. The molecule has 8 heteroatoms. The molecule has 0 bridgehead atoms. The van der Waals surface area contributed by atoms with Crippen molar-refractivity contribution in [1.29, 1.82) is 0 Å². The van der Waals surface area contributed by atoms with E-state index in [0.717, 1.165) is 65.4 Å². The van der Waals surface area contributed by atoms with Crippen molar-refractivity contribution >= 4 is 34.4 Å². The lowest BCUT2D eigenvalue weighted by molar-refractivity contribution is 0.0953. The third-order valence-electron chi connectivity index (χ3n) is 5.55. The first-order valence-corrected chi connectivity index (χ1v) is 13.7. The van der Waals surface area contributed by atoms with Crippen molar-refractivity contribution in [2.75, 3.05) is 6.61 Å². The minimum atomic E-state index is 0.237. The second-order valence-corrected chi connectivity index (χ2v) is 10.8. The zero-order chi connectivity index (χ0) is 21.9. The monoisotopic (exact) mass is 482 g/mol. The average molecular weight is 483 g/mol. The second-order valence-electron chi connectivity index (χ2n) is 8.01. The maximum Gasteiger partial charge on any atom is 0.191 e. The summed E-state index contributed by atoms with van der Waals surface area (Å²) in [5.41, 5.74) is 4.66. The van der Waals surface area contributed by atoms with E-state index in [1.807, 2.05) is 0 Å². The molecule has 1 aliphatic heterocycles. The maximum absolute atomic E-state index is 5.93. The number of hydrogen-bond donors (Lipinski definition) is 0. The number of benzene rings is 1. The molecule has 0 amide bonds. The number of thiophene rings is 1. The summed E-state index contributed by atoms with van der Waals surface area (Å²) in [6, 6.07) is 10.8. The largest absolute Gasteiger partial charge is 0.376 e. The van der Waals surface area contributed by atoms with Crippen LogP contribution in [0.2, 0.25) is 0 Å². The van der Waals surface area contributed by atoms with E-state index in [1.165, 1.54) is 16.0 Å². The van der Waals surface area contributed by atoms with Crippen molar-refractivity contribution in [3.8, 4) is 22.0 Å². The van der Waals surface area contributed by atoms with Crippen LogP contribution < -0.4 is 0 Å². The highest BCUT2D eigenvalue weighted by Crippen LogP contribution is 2.32. The molecule has 0 aliphatic carbocycles. The lowest BCUT2D eigenvalue weighted by atomic mass is 10.1. The molecule has 0 radical (unpaired) electrons. The van der Waals surface area contributed by atoms with E-state index in [2.05, 4.69) is 69.7 Å². The van der Waals surface area contributed by atoms with Crippen molar-refractivity contribution in [1.82, 2.24) is 19.7 Å². The van der Waals surface area contributed by atoms with Gasteiger partial charge in [0, 0.05) is 39.1 Å². The van der Waals surface area contributed by atoms with Gasteiger partial charge in [0.05, 0.1) is 18.3 Å². The number of aromatic nitrogens is 4. The molecular formula is C24H26N4OS3. The summed E-state index contributed by atoms with van der Waals surface area (Å²) in [4.78, 5) is 6.23. The van der Waals surface area contributed by atoms with Crippen LogP contribution in [0, 0.1) is 6.92 Å². The number of rotatable bonds is 8. The van der Waals surface area contributed by atoms with Gasteiger partial charge < -0.3 is 4.74 Å². The molecule has 4 heterocycles. The molecule has 1 atom stereocenters. The van der Waals surface area contributed by atoms with Gasteiger partial charge in [0.15, 0.2) is 11.0 Å². The van der Waals surface area contributed by atoms with Crippen LogP contribution in [0.4, 0.5) is 0 Å². The fourth-order valence-electron chi connectivity index (χ4n) is 3.87. The zero-order valence-electron chi connectivity index (χ0n) is 18.3. The first kappa shape index (κ1) is 21.8. The third kappa shape index (κ3) is 4.83. The number of thioether (sulfide) groups is 1. The van der Waals surface area contributed by atoms with Gasteiger partial charge in [-0.1, -0.05) is 42.4 Å². The SMILES string of the molecule is CCc1cc(-c2nnc(SCc3csc(-c4cccc(C)c4)n3)n2CC2CCCO2)cs1. The Labute approximate surface area is 200 Å². The molecule has 166 valence electrons. The number of nitrogens with zero attached hydrogens (tertiary/aromatic N) is 4. The summed E-state index contributed by atoms with van der Waals surface area (Å²) in [7, 11) is 0. The summed E-state index contributed by atoms with van der Waals surface area (Å²) in [6.45, 7) is 5.95. The number of aryl methyl sites for hydroxylation is 2. The van der Waals surface area contributed by atoms with Crippen LogP contribution in [-0.4, -0.2) is 32.5 Å². The molecule has 1 unspecified atom stereocenters. The van der Waals surface area contributed by atoms with Gasteiger partial charge in [-0.05, 0) is 38.3 Å². The van der Waals surface area contributed by atoms with Gasteiger partial charge in [-0.15, -0.1) is 32.9 Å². The van der Waals surface area contributed by atoms with E-state index < -0.39 is 0 Å². The molecule has 32 heavy (non-hydrogen) atoms. The first-order chi connectivity index (χ1) is 15.7. The Kier molecular flexibility index (Phi) is 6.73. The van der Waals surface area contributed by atoms with Crippen molar-refractivity contribution in [3.05, 3.63) is 57.2 Å². The Morgan fingerprint density at radius 3 is 2.88 bits per heavy atom. The summed E-state index contributed by atoms with van der Waals surface area (Å²) < 4.78 is 8.18. The molecule has 1 aliphatic rings. The highest BCUT2D eigenvalue weighted by molar-refractivity contribution is 7.98. The topological polar surface area (TPSA) is 52.8 Å². The minimum Gasteiger partial charge on any atom is -0.376 e. The van der Waals surface area contributed by atoms with Crippen LogP contribution in [0.3, 0.4) is 0 Å². The molecule has 1 aromatic carbocycles. The molecule has 5 nitrogen and oxygen atoms in total. The van der Waals surface area contributed by atoms with Crippen LogP contribution in [0.25, 0.3) is 22.0 Å². The summed E-state index contributed by atoms with van der Waals surface area (Å²) >= 11 is 5.19. The Balaban J connectivity index is 1.36. The fourth-order valence-corrected chi connectivity index (χ4v) is 6.45. The van der Waals surface area contributed by atoms with Gasteiger partial charge in [0.25, 0.3) is 0 Å². The molecule has 1 saturated heterocycles. The van der Waals surface area contributed by atoms with Gasteiger partial charge in [0.1, 0.15) is 5.01 Å². The lowest BCUT2D eigenvalue weighted by Gasteiger charge is -2.14. The van der Waals surface area contributed by atoms with Gasteiger partial charge >= 0.3 is 0 Å². The Hall–Kier alpha value is -2.00. The fraction of sp³-hybridized carbons (Fsp3) is 0.375. The van der Waals surface area contributed by atoms with Crippen molar-refractivity contribution in [3.63, 3.8) is 0 Å². The van der Waals surface area contributed by atoms with E-state index >= 15 is 0 Å². The van der Waals surface area contributed by atoms with Gasteiger partial charge in [-0.2, -0.15) is 0 Å². The molecule has 0 saturated carbocycles. The Bertz CT molecular complexity index is 1190. The number of ether oxygens (including phenoxy) is 1. The van der Waals surface area contributed by atoms with Gasteiger partial charge in [-0.25, -0.2) is 4.98 Å². The maximum atomic E-state index is 5.93. The molecule has 1 fully saturated rings. The highest BCUT2D eigenvalue weighted by atomic mass is 32.2. The predicted octanol–water partition coefficient (Wildman–Crippen LogP) is 6.47. The summed E-state index contributed by atoms with van der Waals surface area (Å²) in [5.74, 6) is 1.72. The molecule has 0 N–H and O–H groups in total. The van der Waals surface area contributed by atoms with E-state index in [-0.39, 0.29) is 6.10 Å². The Morgan fingerprint density at radius 2 is 2.09 bits per heavy atom.